The molecule has 0 heterocycles. The van der Waals surface area contributed by atoms with Gasteiger partial charge in [-0.05, 0) is 103 Å². The number of rotatable bonds is 4. The van der Waals surface area contributed by atoms with Gasteiger partial charge < -0.3 is 0 Å². The topological polar surface area (TPSA) is 17.1 Å². The van der Waals surface area contributed by atoms with Crippen molar-refractivity contribution in [3.63, 3.8) is 0 Å². The predicted octanol–water partition coefficient (Wildman–Crippen LogP) is 7.31. The number of ketones is 1. The average molecular weight is 397 g/mol. The highest BCUT2D eigenvalue weighted by Gasteiger charge is 2.77. The van der Waals surface area contributed by atoms with Crippen molar-refractivity contribution in [1.29, 1.82) is 0 Å². The summed E-state index contributed by atoms with van der Waals surface area (Å²) < 4.78 is 0. The molecular formula is C28H44O. The van der Waals surface area contributed by atoms with E-state index in [1.54, 1.807) is 0 Å². The maximum absolute atomic E-state index is 13.4. The summed E-state index contributed by atoms with van der Waals surface area (Å²) in [4.78, 5) is 13.4. The first-order chi connectivity index (χ1) is 13.6. The fraction of sp³-hybridized carbons (Fsp3) is 0.893. The SMILES string of the molecule is CC(C)[C@H](C)/C=C/C(C)[C@H]1CC[C@H]2C3CC(=O)[C@]45C[C@@H]4CCC5(C)[C@H]3CCC12C. The van der Waals surface area contributed by atoms with Gasteiger partial charge in [-0.15, -0.1) is 0 Å². The Kier molecular flexibility index (Phi) is 4.53. The van der Waals surface area contributed by atoms with Gasteiger partial charge >= 0.3 is 0 Å². The maximum atomic E-state index is 13.4. The maximum Gasteiger partial charge on any atom is 0.140 e. The van der Waals surface area contributed by atoms with Crippen molar-refractivity contribution >= 4 is 5.78 Å². The Bertz CT molecular complexity index is 720. The van der Waals surface area contributed by atoms with E-state index in [1.807, 2.05) is 0 Å². The smallest absolute Gasteiger partial charge is 0.140 e. The number of allylic oxidation sites excluding steroid dienone is 2. The molecule has 0 bridgehead atoms. The predicted molar refractivity (Wildman–Crippen MR) is 120 cm³/mol. The van der Waals surface area contributed by atoms with E-state index < -0.39 is 0 Å². The van der Waals surface area contributed by atoms with Crippen molar-refractivity contribution in [2.24, 2.45) is 63.6 Å². The van der Waals surface area contributed by atoms with Crippen molar-refractivity contribution in [1.82, 2.24) is 0 Å². The molecule has 29 heavy (non-hydrogen) atoms. The Labute approximate surface area is 179 Å². The van der Waals surface area contributed by atoms with Gasteiger partial charge in [-0.2, -0.15) is 0 Å². The van der Waals surface area contributed by atoms with Crippen LogP contribution in [0.25, 0.3) is 0 Å². The number of carbonyl (C=O) groups is 1. The number of carbonyl (C=O) groups excluding carboxylic acids is 1. The molecular weight excluding hydrogens is 352 g/mol. The molecule has 0 aromatic carbocycles. The highest BCUT2D eigenvalue weighted by molar-refractivity contribution is 5.91. The third kappa shape index (κ3) is 2.54. The molecule has 1 nitrogen and oxygen atoms in total. The monoisotopic (exact) mass is 396 g/mol. The largest absolute Gasteiger partial charge is 0.299 e. The van der Waals surface area contributed by atoms with Crippen LogP contribution in [0, 0.1) is 63.6 Å². The summed E-state index contributed by atoms with van der Waals surface area (Å²) in [6.45, 7) is 14.6. The zero-order valence-electron chi connectivity index (χ0n) is 19.8. The molecule has 5 rings (SSSR count). The third-order valence-corrected chi connectivity index (χ3v) is 11.8. The molecule has 5 saturated carbocycles. The summed E-state index contributed by atoms with van der Waals surface area (Å²) in [6, 6.07) is 0. The second kappa shape index (κ2) is 6.46. The number of fused-ring (bicyclic) bond motifs is 4. The summed E-state index contributed by atoms with van der Waals surface area (Å²) in [5.74, 6) is 6.63. The van der Waals surface area contributed by atoms with E-state index >= 15 is 0 Å². The third-order valence-electron chi connectivity index (χ3n) is 11.8. The van der Waals surface area contributed by atoms with Crippen LogP contribution in [0.1, 0.15) is 92.9 Å². The van der Waals surface area contributed by atoms with Crippen molar-refractivity contribution in [2.45, 2.75) is 92.9 Å². The molecule has 4 unspecified atom stereocenters. The lowest BCUT2D eigenvalue weighted by molar-refractivity contribution is -0.151. The molecule has 5 aliphatic rings. The Balaban J connectivity index is 1.38. The van der Waals surface area contributed by atoms with Crippen LogP contribution in [-0.4, -0.2) is 5.78 Å². The van der Waals surface area contributed by atoms with Crippen molar-refractivity contribution in [3.8, 4) is 0 Å². The van der Waals surface area contributed by atoms with E-state index in [0.29, 0.717) is 34.4 Å². The molecule has 5 fully saturated rings. The lowest BCUT2D eigenvalue weighted by Crippen LogP contribution is -2.55. The van der Waals surface area contributed by atoms with Crippen molar-refractivity contribution < 1.29 is 4.79 Å². The first-order valence-corrected chi connectivity index (χ1v) is 12.9. The highest BCUT2D eigenvalue weighted by atomic mass is 16.1. The lowest BCUT2D eigenvalue weighted by atomic mass is 9.45. The minimum absolute atomic E-state index is 0.142. The van der Waals surface area contributed by atoms with Gasteiger partial charge in [0, 0.05) is 11.8 Å². The first-order valence-electron chi connectivity index (χ1n) is 12.9. The molecule has 10 atom stereocenters. The Morgan fingerprint density at radius 2 is 1.69 bits per heavy atom. The van der Waals surface area contributed by atoms with Crippen molar-refractivity contribution in [2.75, 3.05) is 0 Å². The number of hydrogen-bond acceptors (Lipinski definition) is 1. The number of hydrogen-bond donors (Lipinski definition) is 0. The Morgan fingerprint density at radius 1 is 0.931 bits per heavy atom. The zero-order chi connectivity index (χ0) is 20.8. The standard InChI is InChI=1S/C28H44O/c1-17(2)18(3)7-8-19(4)22-9-10-23-21-15-25(29)28-16-20(28)11-14-27(28,6)24(21)12-13-26(22,23)5/h7-8,17-24H,9-16H2,1-6H3/b8-7+/t18-,19?,20+,21?,22-,23+,24+,26?,27?,28+/m1/s1. The van der Waals surface area contributed by atoms with Crippen LogP contribution in [-0.2, 0) is 4.79 Å². The highest BCUT2D eigenvalue weighted by Crippen LogP contribution is 2.80. The van der Waals surface area contributed by atoms with E-state index in [9.17, 15) is 4.79 Å². The summed E-state index contributed by atoms with van der Waals surface area (Å²) in [5, 5.41) is 0. The van der Waals surface area contributed by atoms with E-state index in [1.165, 1.54) is 44.9 Å². The van der Waals surface area contributed by atoms with Gasteiger partial charge in [0.05, 0.1) is 0 Å². The van der Waals surface area contributed by atoms with Crippen LogP contribution in [0.2, 0.25) is 0 Å². The summed E-state index contributed by atoms with van der Waals surface area (Å²) >= 11 is 0. The minimum Gasteiger partial charge on any atom is -0.299 e. The minimum atomic E-state index is 0.142. The Hall–Kier alpha value is -0.590. The van der Waals surface area contributed by atoms with Crippen LogP contribution in [0.4, 0.5) is 0 Å². The molecule has 0 aliphatic heterocycles. The van der Waals surface area contributed by atoms with Gasteiger partial charge in [0.1, 0.15) is 5.78 Å². The molecule has 0 aromatic heterocycles. The van der Waals surface area contributed by atoms with E-state index in [-0.39, 0.29) is 5.41 Å². The van der Waals surface area contributed by atoms with Crippen LogP contribution >= 0.6 is 0 Å². The molecule has 0 radical (unpaired) electrons. The molecule has 162 valence electrons. The second-order valence-electron chi connectivity index (χ2n) is 12.9. The van der Waals surface area contributed by atoms with Gasteiger partial charge in [-0.3, -0.25) is 4.79 Å². The molecule has 1 heteroatoms. The first kappa shape index (κ1) is 20.3. The van der Waals surface area contributed by atoms with Gasteiger partial charge in [0.15, 0.2) is 0 Å². The number of Topliss-reactive ketones (excluding diaryl/α,β-unsaturated/α-hetero) is 1. The fourth-order valence-corrected chi connectivity index (χ4v) is 9.62. The average Bonchev–Trinajstić information content (AvgIpc) is 3.20. The van der Waals surface area contributed by atoms with Gasteiger partial charge in [0.2, 0.25) is 0 Å². The van der Waals surface area contributed by atoms with Gasteiger partial charge in [-0.25, -0.2) is 0 Å². The summed E-state index contributed by atoms with van der Waals surface area (Å²) in [6.07, 6.45) is 15.4. The normalized spacial score (nSPS) is 52.8. The molecule has 5 aliphatic carbocycles. The van der Waals surface area contributed by atoms with E-state index in [0.717, 1.165) is 36.0 Å². The molecule has 0 aromatic rings. The molecule has 0 amide bonds. The fourth-order valence-electron chi connectivity index (χ4n) is 9.62. The van der Waals surface area contributed by atoms with Crippen LogP contribution in [0.3, 0.4) is 0 Å². The van der Waals surface area contributed by atoms with E-state index in [4.69, 9.17) is 0 Å². The molecule has 0 saturated heterocycles. The quantitative estimate of drug-likeness (QED) is 0.455. The van der Waals surface area contributed by atoms with Crippen molar-refractivity contribution in [3.05, 3.63) is 12.2 Å². The van der Waals surface area contributed by atoms with Gasteiger partial charge in [0.25, 0.3) is 0 Å². The summed E-state index contributed by atoms with van der Waals surface area (Å²) in [7, 11) is 0. The van der Waals surface area contributed by atoms with Crippen LogP contribution in [0.5, 0.6) is 0 Å². The van der Waals surface area contributed by atoms with Crippen LogP contribution in [0.15, 0.2) is 12.2 Å². The molecule has 0 N–H and O–H groups in total. The van der Waals surface area contributed by atoms with Crippen LogP contribution < -0.4 is 0 Å². The van der Waals surface area contributed by atoms with Gasteiger partial charge in [-0.1, -0.05) is 53.7 Å². The lowest BCUT2D eigenvalue weighted by Gasteiger charge is -2.58. The second-order valence-corrected chi connectivity index (χ2v) is 12.9. The van der Waals surface area contributed by atoms with E-state index in [2.05, 4.69) is 53.7 Å². The molecule has 1 spiro atoms. The Morgan fingerprint density at radius 3 is 2.38 bits per heavy atom. The summed E-state index contributed by atoms with van der Waals surface area (Å²) in [5.41, 5.74) is 0.937. The zero-order valence-corrected chi connectivity index (χ0v) is 19.8.